The van der Waals surface area contributed by atoms with Crippen molar-refractivity contribution in [3.63, 3.8) is 0 Å². The number of nitrogens with one attached hydrogen (secondary N) is 2. The Bertz CT molecular complexity index is 800. The first kappa shape index (κ1) is 21.7. The van der Waals surface area contributed by atoms with Gasteiger partial charge < -0.3 is 10.2 Å². The molecule has 0 amide bonds. The van der Waals surface area contributed by atoms with Crippen LogP contribution in [0.5, 0.6) is 0 Å². The zero-order valence-electron chi connectivity index (χ0n) is 17.5. The SMILES string of the molecule is CC.CC(C)C(C)(C)CNc1nc2c(=O)[nH]c(/N=C/N(C)C)nc2n1C. The third kappa shape index (κ3) is 5.06. The molecule has 8 heteroatoms. The van der Waals surface area contributed by atoms with Crippen LogP contribution in [-0.2, 0) is 7.05 Å². The van der Waals surface area contributed by atoms with Gasteiger partial charge in [-0.3, -0.25) is 14.3 Å². The molecule has 0 bridgehead atoms. The summed E-state index contributed by atoms with van der Waals surface area (Å²) in [5.74, 6) is 1.41. The molecule has 0 aromatic carbocycles. The lowest BCUT2D eigenvalue weighted by Crippen LogP contribution is -2.29. The summed E-state index contributed by atoms with van der Waals surface area (Å²) >= 11 is 0. The summed E-state index contributed by atoms with van der Waals surface area (Å²) in [4.78, 5) is 29.6. The van der Waals surface area contributed by atoms with Gasteiger partial charge >= 0.3 is 0 Å². The molecule has 2 N–H and O–H groups in total. The van der Waals surface area contributed by atoms with Crippen LogP contribution in [0.25, 0.3) is 11.2 Å². The lowest BCUT2D eigenvalue weighted by Gasteiger charge is -2.29. The molecule has 0 aliphatic carbocycles. The first-order valence-corrected chi connectivity index (χ1v) is 9.03. The Morgan fingerprint density at radius 3 is 2.46 bits per heavy atom. The summed E-state index contributed by atoms with van der Waals surface area (Å²) in [5.41, 5.74) is 0.637. The van der Waals surface area contributed by atoms with Crippen LogP contribution in [0.1, 0.15) is 41.5 Å². The number of aromatic amines is 1. The topological polar surface area (TPSA) is 91.2 Å². The summed E-state index contributed by atoms with van der Waals surface area (Å²) in [6, 6.07) is 0. The molecule has 26 heavy (non-hydrogen) atoms. The van der Waals surface area contributed by atoms with E-state index < -0.39 is 0 Å². The molecule has 2 heterocycles. The molecule has 0 fully saturated rings. The number of rotatable bonds is 6. The largest absolute Gasteiger partial charge is 0.369 e. The van der Waals surface area contributed by atoms with Crippen molar-refractivity contribution in [3.05, 3.63) is 10.4 Å². The molecule has 2 aromatic heterocycles. The molecule has 0 unspecified atom stereocenters. The third-order valence-corrected chi connectivity index (χ3v) is 4.39. The van der Waals surface area contributed by atoms with Crippen molar-refractivity contribution in [2.75, 3.05) is 26.0 Å². The number of anilines is 1. The zero-order valence-corrected chi connectivity index (χ0v) is 17.5. The van der Waals surface area contributed by atoms with Gasteiger partial charge in [-0.15, -0.1) is 0 Å². The maximum Gasteiger partial charge on any atom is 0.280 e. The van der Waals surface area contributed by atoms with Crippen molar-refractivity contribution in [2.45, 2.75) is 41.5 Å². The van der Waals surface area contributed by atoms with Gasteiger partial charge in [0.05, 0.1) is 6.34 Å². The monoisotopic (exact) mass is 363 g/mol. The standard InChI is InChI=1S/C16H27N7O.C2H6/c1-10(2)16(3,4)8-17-15-19-11-12(23(15)7)20-14(21-13(11)24)18-9-22(5)6;1-2/h9-10H,8H2,1-7H3,(H,17,19)(H,20,21,24);1-2H3/b18-9+;. The number of aliphatic imine (C=N–C) groups is 1. The Morgan fingerprint density at radius 2 is 1.92 bits per heavy atom. The predicted molar refractivity (Wildman–Crippen MR) is 109 cm³/mol. The Balaban J connectivity index is 0.00000163. The van der Waals surface area contributed by atoms with E-state index in [4.69, 9.17) is 0 Å². The van der Waals surface area contributed by atoms with Gasteiger partial charge in [0.15, 0.2) is 11.2 Å². The number of aryl methyl sites for hydroxylation is 1. The fourth-order valence-corrected chi connectivity index (χ4v) is 1.96. The van der Waals surface area contributed by atoms with Crippen molar-refractivity contribution < 1.29 is 0 Å². The normalized spacial score (nSPS) is 11.8. The van der Waals surface area contributed by atoms with E-state index in [2.05, 4.69) is 53.0 Å². The van der Waals surface area contributed by atoms with Gasteiger partial charge in [0.25, 0.3) is 5.56 Å². The first-order valence-electron chi connectivity index (χ1n) is 9.03. The average Bonchev–Trinajstić information content (AvgIpc) is 2.90. The molecule has 0 aliphatic heterocycles. The number of imidazole rings is 1. The fourth-order valence-electron chi connectivity index (χ4n) is 1.96. The number of hydrogen-bond acceptors (Lipinski definition) is 5. The van der Waals surface area contributed by atoms with Crippen LogP contribution in [-0.4, -0.2) is 51.4 Å². The minimum atomic E-state index is -0.294. The summed E-state index contributed by atoms with van der Waals surface area (Å²) in [5, 5.41) is 3.33. The lowest BCUT2D eigenvalue weighted by atomic mass is 9.81. The van der Waals surface area contributed by atoms with Crippen molar-refractivity contribution in [1.82, 2.24) is 24.4 Å². The summed E-state index contributed by atoms with van der Waals surface area (Å²) in [6.07, 6.45) is 1.59. The van der Waals surface area contributed by atoms with E-state index in [0.717, 1.165) is 6.54 Å². The quantitative estimate of drug-likeness (QED) is 0.608. The summed E-state index contributed by atoms with van der Waals surface area (Å²) < 4.78 is 1.79. The van der Waals surface area contributed by atoms with Gasteiger partial charge in [0.1, 0.15) is 0 Å². The van der Waals surface area contributed by atoms with E-state index in [0.29, 0.717) is 23.0 Å². The molecule has 146 valence electrons. The molecule has 0 aliphatic rings. The van der Waals surface area contributed by atoms with E-state index in [-0.39, 0.29) is 16.9 Å². The first-order chi connectivity index (χ1) is 12.1. The van der Waals surface area contributed by atoms with E-state index in [1.54, 1.807) is 15.8 Å². The minimum Gasteiger partial charge on any atom is -0.369 e. The predicted octanol–water partition coefficient (Wildman–Crippen LogP) is 3.00. The van der Waals surface area contributed by atoms with Gasteiger partial charge in [-0.05, 0) is 11.3 Å². The summed E-state index contributed by atoms with van der Waals surface area (Å²) in [7, 11) is 5.54. The maximum atomic E-state index is 12.2. The molecule has 2 rings (SSSR count). The molecule has 0 saturated heterocycles. The highest BCUT2D eigenvalue weighted by Gasteiger charge is 2.23. The van der Waals surface area contributed by atoms with Gasteiger partial charge in [0.2, 0.25) is 11.9 Å². The van der Waals surface area contributed by atoms with E-state index in [1.165, 1.54) is 0 Å². The van der Waals surface area contributed by atoms with E-state index in [9.17, 15) is 4.79 Å². The van der Waals surface area contributed by atoms with Crippen LogP contribution in [0.3, 0.4) is 0 Å². The number of fused-ring (bicyclic) bond motifs is 1. The van der Waals surface area contributed by atoms with Crippen LogP contribution >= 0.6 is 0 Å². The highest BCUT2D eigenvalue weighted by atomic mass is 16.1. The molecule has 0 atom stereocenters. The smallest absolute Gasteiger partial charge is 0.280 e. The molecule has 0 spiro atoms. The molecule has 2 aromatic rings. The highest BCUT2D eigenvalue weighted by Crippen LogP contribution is 2.26. The molecule has 0 saturated carbocycles. The van der Waals surface area contributed by atoms with Crippen molar-refractivity contribution in [2.24, 2.45) is 23.4 Å². The average molecular weight is 364 g/mol. The van der Waals surface area contributed by atoms with Crippen molar-refractivity contribution >= 4 is 29.4 Å². The van der Waals surface area contributed by atoms with Gasteiger partial charge in [-0.25, -0.2) is 9.98 Å². The minimum absolute atomic E-state index is 0.110. The lowest BCUT2D eigenvalue weighted by molar-refractivity contribution is 0.269. The molecular weight excluding hydrogens is 330 g/mol. The Morgan fingerprint density at radius 1 is 1.31 bits per heavy atom. The van der Waals surface area contributed by atoms with Crippen molar-refractivity contribution in [1.29, 1.82) is 0 Å². The number of H-pyrrole nitrogens is 1. The Hall–Kier alpha value is -2.38. The van der Waals surface area contributed by atoms with Gasteiger partial charge in [-0.2, -0.15) is 4.98 Å². The Kier molecular flexibility index (Phi) is 7.35. The fraction of sp³-hybridized carbons (Fsp3) is 0.667. The number of nitrogens with zero attached hydrogens (tertiary/aromatic N) is 5. The zero-order chi connectivity index (χ0) is 20.1. The Labute approximate surface area is 155 Å². The maximum absolute atomic E-state index is 12.2. The van der Waals surface area contributed by atoms with Crippen LogP contribution in [0.4, 0.5) is 11.9 Å². The second-order valence-electron chi connectivity index (χ2n) is 7.26. The van der Waals surface area contributed by atoms with Gasteiger partial charge in [-0.1, -0.05) is 41.5 Å². The van der Waals surface area contributed by atoms with Crippen molar-refractivity contribution in [3.8, 4) is 0 Å². The van der Waals surface area contributed by atoms with E-state index >= 15 is 0 Å². The van der Waals surface area contributed by atoms with Gasteiger partial charge in [0, 0.05) is 27.7 Å². The van der Waals surface area contributed by atoms with Crippen LogP contribution < -0.4 is 10.9 Å². The highest BCUT2D eigenvalue weighted by molar-refractivity contribution is 5.74. The van der Waals surface area contributed by atoms with Crippen LogP contribution in [0, 0.1) is 11.3 Å². The number of hydrogen-bond donors (Lipinski definition) is 2. The second kappa shape index (κ2) is 8.82. The second-order valence-corrected chi connectivity index (χ2v) is 7.26. The van der Waals surface area contributed by atoms with E-state index in [1.807, 2.05) is 35.0 Å². The molecule has 0 radical (unpaired) electrons. The molecule has 8 nitrogen and oxygen atoms in total. The van der Waals surface area contributed by atoms with Crippen LogP contribution in [0.15, 0.2) is 9.79 Å². The summed E-state index contributed by atoms with van der Waals surface area (Å²) in [6.45, 7) is 13.5. The van der Waals surface area contributed by atoms with Crippen LogP contribution in [0.2, 0.25) is 0 Å². The third-order valence-electron chi connectivity index (χ3n) is 4.39. The number of aromatic nitrogens is 4. The molecular formula is C18H33N7O.